The van der Waals surface area contributed by atoms with E-state index in [9.17, 15) is 8.42 Å². The molecule has 1 aromatic carbocycles. The summed E-state index contributed by atoms with van der Waals surface area (Å²) in [6, 6.07) is 2.81. The molecule has 1 aliphatic rings. The standard InChI is InChI=1S/C6H4ClNO4S/c7-5-3(8)1-2-4-6(5)12-13(9,10)11-4/h1-2H,8H2. The lowest BCUT2D eigenvalue weighted by molar-refractivity contribution is 0.436. The van der Waals surface area contributed by atoms with Crippen LogP contribution in [0.4, 0.5) is 5.69 Å². The van der Waals surface area contributed by atoms with Gasteiger partial charge in [0, 0.05) is 0 Å². The zero-order chi connectivity index (χ0) is 9.64. The molecule has 5 nitrogen and oxygen atoms in total. The third kappa shape index (κ3) is 1.27. The van der Waals surface area contributed by atoms with E-state index >= 15 is 0 Å². The predicted molar refractivity (Wildman–Crippen MR) is 46.0 cm³/mol. The van der Waals surface area contributed by atoms with Gasteiger partial charge in [-0.25, -0.2) is 0 Å². The number of fused-ring (bicyclic) bond motifs is 1. The van der Waals surface area contributed by atoms with Crippen LogP contribution >= 0.6 is 11.6 Å². The second-order valence-electron chi connectivity index (χ2n) is 2.37. The van der Waals surface area contributed by atoms with Crippen molar-refractivity contribution in [3.8, 4) is 11.5 Å². The van der Waals surface area contributed by atoms with Gasteiger partial charge in [-0.3, -0.25) is 0 Å². The highest BCUT2D eigenvalue weighted by Crippen LogP contribution is 2.44. The van der Waals surface area contributed by atoms with Crippen molar-refractivity contribution < 1.29 is 16.8 Å². The van der Waals surface area contributed by atoms with Crippen molar-refractivity contribution in [3.63, 3.8) is 0 Å². The molecular weight excluding hydrogens is 218 g/mol. The average molecular weight is 222 g/mol. The highest BCUT2D eigenvalue weighted by Gasteiger charge is 2.31. The molecule has 0 spiro atoms. The Kier molecular flexibility index (Phi) is 1.58. The zero-order valence-corrected chi connectivity index (χ0v) is 7.72. The van der Waals surface area contributed by atoms with Crippen LogP contribution < -0.4 is 14.1 Å². The molecule has 70 valence electrons. The molecule has 0 radical (unpaired) electrons. The van der Waals surface area contributed by atoms with Gasteiger partial charge < -0.3 is 14.1 Å². The molecule has 2 N–H and O–H groups in total. The van der Waals surface area contributed by atoms with Crippen molar-refractivity contribution in [1.29, 1.82) is 0 Å². The molecule has 2 rings (SSSR count). The van der Waals surface area contributed by atoms with E-state index in [2.05, 4.69) is 8.37 Å². The van der Waals surface area contributed by atoms with Crippen LogP contribution in [0.3, 0.4) is 0 Å². The molecule has 0 amide bonds. The smallest absolute Gasteiger partial charge is 0.397 e. The van der Waals surface area contributed by atoms with Crippen molar-refractivity contribution in [2.24, 2.45) is 0 Å². The fourth-order valence-electron chi connectivity index (χ4n) is 0.926. The maximum Gasteiger partial charge on any atom is 0.501 e. The van der Waals surface area contributed by atoms with Gasteiger partial charge in [-0.05, 0) is 12.1 Å². The maximum absolute atomic E-state index is 10.8. The van der Waals surface area contributed by atoms with Crippen molar-refractivity contribution >= 4 is 27.7 Å². The first-order valence-corrected chi connectivity index (χ1v) is 4.92. The lowest BCUT2D eigenvalue weighted by Gasteiger charge is -1.98. The van der Waals surface area contributed by atoms with Gasteiger partial charge in [0.25, 0.3) is 0 Å². The third-order valence-electron chi connectivity index (χ3n) is 1.47. The number of nitrogens with two attached hydrogens (primary N) is 1. The van der Waals surface area contributed by atoms with Crippen molar-refractivity contribution in [1.82, 2.24) is 0 Å². The van der Waals surface area contributed by atoms with Crippen LogP contribution in [0.15, 0.2) is 12.1 Å². The number of nitrogen functional groups attached to an aromatic ring is 1. The van der Waals surface area contributed by atoms with Crippen LogP contribution in [0.25, 0.3) is 0 Å². The fraction of sp³-hybridized carbons (Fsp3) is 0. The van der Waals surface area contributed by atoms with Gasteiger partial charge >= 0.3 is 10.4 Å². The van der Waals surface area contributed by atoms with E-state index in [-0.39, 0.29) is 22.2 Å². The van der Waals surface area contributed by atoms with E-state index in [4.69, 9.17) is 17.3 Å². The molecule has 0 bridgehead atoms. The van der Waals surface area contributed by atoms with Crippen molar-refractivity contribution in [2.45, 2.75) is 0 Å². The summed E-state index contributed by atoms with van der Waals surface area (Å²) in [5, 5.41) is 0.0403. The van der Waals surface area contributed by atoms with Gasteiger partial charge in [0.1, 0.15) is 5.02 Å². The summed E-state index contributed by atoms with van der Waals surface area (Å²) < 4.78 is 30.5. The zero-order valence-electron chi connectivity index (χ0n) is 6.15. The highest BCUT2D eigenvalue weighted by atomic mass is 35.5. The lowest BCUT2D eigenvalue weighted by atomic mass is 10.3. The topological polar surface area (TPSA) is 78.6 Å². The Morgan fingerprint density at radius 1 is 1.31 bits per heavy atom. The minimum absolute atomic E-state index is 0.0403. The third-order valence-corrected chi connectivity index (χ3v) is 2.61. The number of rotatable bonds is 0. The fourth-order valence-corrected chi connectivity index (χ4v) is 1.92. The quantitative estimate of drug-likeness (QED) is 0.660. The van der Waals surface area contributed by atoms with Gasteiger partial charge in [0.2, 0.25) is 5.75 Å². The molecule has 1 aliphatic heterocycles. The average Bonchev–Trinajstić information content (AvgIpc) is 2.34. The monoisotopic (exact) mass is 221 g/mol. The molecule has 0 atom stereocenters. The minimum atomic E-state index is -3.98. The van der Waals surface area contributed by atoms with Gasteiger partial charge in [-0.2, -0.15) is 0 Å². The van der Waals surface area contributed by atoms with E-state index in [0.29, 0.717) is 0 Å². The first-order valence-electron chi connectivity index (χ1n) is 3.21. The molecule has 0 fully saturated rings. The van der Waals surface area contributed by atoms with E-state index < -0.39 is 10.4 Å². The Hall–Kier alpha value is -1.14. The predicted octanol–water partition coefficient (Wildman–Crippen LogP) is 0.938. The molecule has 0 unspecified atom stereocenters. The largest absolute Gasteiger partial charge is 0.501 e. The molecule has 0 aliphatic carbocycles. The van der Waals surface area contributed by atoms with Crippen LogP contribution in [-0.4, -0.2) is 8.42 Å². The number of halogens is 1. The first kappa shape index (κ1) is 8.46. The Bertz CT molecular complexity index is 470. The van der Waals surface area contributed by atoms with Crippen LogP contribution in [0.1, 0.15) is 0 Å². The Labute approximate surface area is 79.3 Å². The summed E-state index contributed by atoms with van der Waals surface area (Å²) in [5.41, 5.74) is 5.66. The Morgan fingerprint density at radius 2 is 2.00 bits per heavy atom. The van der Waals surface area contributed by atoms with Crippen LogP contribution in [0.5, 0.6) is 11.5 Å². The number of anilines is 1. The van der Waals surface area contributed by atoms with E-state index in [0.717, 1.165) is 0 Å². The number of hydrogen-bond donors (Lipinski definition) is 1. The van der Waals surface area contributed by atoms with Gasteiger partial charge in [-0.1, -0.05) is 11.6 Å². The number of benzene rings is 1. The molecule has 1 heterocycles. The summed E-state index contributed by atoms with van der Waals surface area (Å²) in [7, 11) is -3.98. The Balaban J connectivity index is 2.65. The SMILES string of the molecule is Nc1ccc2c(c1Cl)OS(=O)(=O)O2. The van der Waals surface area contributed by atoms with Gasteiger partial charge in [0.05, 0.1) is 5.69 Å². The molecule has 0 saturated carbocycles. The summed E-state index contributed by atoms with van der Waals surface area (Å²) in [4.78, 5) is 0. The highest BCUT2D eigenvalue weighted by molar-refractivity contribution is 7.82. The van der Waals surface area contributed by atoms with E-state index in [1.165, 1.54) is 12.1 Å². The normalized spacial score (nSPS) is 17.3. The minimum Gasteiger partial charge on any atom is -0.397 e. The summed E-state index contributed by atoms with van der Waals surface area (Å²) in [6.07, 6.45) is 0. The van der Waals surface area contributed by atoms with Crippen LogP contribution in [0.2, 0.25) is 5.02 Å². The molecule has 0 saturated heterocycles. The molecule has 0 aromatic heterocycles. The maximum atomic E-state index is 10.8. The second kappa shape index (κ2) is 2.43. The molecule has 7 heteroatoms. The summed E-state index contributed by atoms with van der Waals surface area (Å²) in [6.45, 7) is 0. The second-order valence-corrected chi connectivity index (χ2v) is 3.90. The molecular formula is C6H4ClNO4S. The van der Waals surface area contributed by atoms with Gasteiger partial charge in [-0.15, -0.1) is 8.42 Å². The van der Waals surface area contributed by atoms with Gasteiger partial charge in [0.15, 0.2) is 5.75 Å². The Morgan fingerprint density at radius 3 is 2.69 bits per heavy atom. The number of hydrogen-bond acceptors (Lipinski definition) is 5. The van der Waals surface area contributed by atoms with Crippen LogP contribution in [0, 0.1) is 0 Å². The van der Waals surface area contributed by atoms with Crippen molar-refractivity contribution in [3.05, 3.63) is 17.2 Å². The first-order chi connectivity index (χ1) is 5.99. The van der Waals surface area contributed by atoms with E-state index in [1.54, 1.807) is 0 Å². The summed E-state index contributed by atoms with van der Waals surface area (Å²) >= 11 is 5.67. The van der Waals surface area contributed by atoms with E-state index in [1.807, 2.05) is 0 Å². The molecule has 1 aromatic rings. The van der Waals surface area contributed by atoms with Crippen LogP contribution in [-0.2, 0) is 10.4 Å². The molecule has 13 heavy (non-hydrogen) atoms. The van der Waals surface area contributed by atoms with Crippen molar-refractivity contribution in [2.75, 3.05) is 5.73 Å². The lowest BCUT2D eigenvalue weighted by Crippen LogP contribution is -2.08. The summed E-state index contributed by atoms with van der Waals surface area (Å²) in [5.74, 6) is 0.000802.